The number of rotatable bonds is 7. The minimum Gasteiger partial charge on any atom is -0.481 e. The number of nitrogens with one attached hydrogen (secondary N) is 1. The van der Waals surface area contributed by atoms with Crippen LogP contribution in [0.2, 0.25) is 0 Å². The van der Waals surface area contributed by atoms with Crippen molar-refractivity contribution in [3.63, 3.8) is 0 Å². The lowest BCUT2D eigenvalue weighted by Gasteiger charge is -2.08. The number of methoxy groups -OCH3 is 1. The van der Waals surface area contributed by atoms with Gasteiger partial charge in [0.2, 0.25) is 5.88 Å². The number of thiophene rings is 1. The molecule has 24 heavy (non-hydrogen) atoms. The number of carbonyl (C=O) groups excluding carboxylic acids is 1. The minimum atomic E-state index is -0.395. The number of ether oxygens (including phenoxy) is 2. The highest BCUT2D eigenvalue weighted by molar-refractivity contribution is 7.13. The highest BCUT2D eigenvalue weighted by Crippen LogP contribution is 2.17. The van der Waals surface area contributed by atoms with Gasteiger partial charge in [0.25, 0.3) is 5.91 Å². The maximum atomic E-state index is 12.2. The molecule has 3 heterocycles. The van der Waals surface area contributed by atoms with Crippen molar-refractivity contribution in [2.45, 2.75) is 6.42 Å². The molecule has 0 atom stereocenters. The van der Waals surface area contributed by atoms with Gasteiger partial charge in [-0.15, -0.1) is 11.3 Å². The molecule has 0 saturated carbocycles. The summed E-state index contributed by atoms with van der Waals surface area (Å²) in [7, 11) is 1.47. The van der Waals surface area contributed by atoms with Gasteiger partial charge in [-0.1, -0.05) is 0 Å². The largest absolute Gasteiger partial charge is 0.481 e. The van der Waals surface area contributed by atoms with E-state index in [1.54, 1.807) is 22.9 Å². The molecule has 124 valence electrons. The second kappa shape index (κ2) is 7.84. The summed E-state index contributed by atoms with van der Waals surface area (Å²) in [5, 5.41) is 9.00. The molecule has 0 aliphatic heterocycles. The van der Waals surface area contributed by atoms with E-state index in [9.17, 15) is 4.79 Å². The van der Waals surface area contributed by atoms with Crippen LogP contribution in [0.5, 0.6) is 11.9 Å². The third kappa shape index (κ3) is 4.27. The van der Waals surface area contributed by atoms with E-state index in [0.717, 1.165) is 6.42 Å². The first kappa shape index (κ1) is 16.3. The van der Waals surface area contributed by atoms with E-state index in [1.807, 2.05) is 11.4 Å². The molecule has 3 aromatic rings. The molecule has 1 amide bonds. The minimum absolute atomic E-state index is 0.105. The third-order valence-electron chi connectivity index (χ3n) is 2.98. The predicted molar refractivity (Wildman–Crippen MR) is 92.2 cm³/mol. The van der Waals surface area contributed by atoms with Crippen molar-refractivity contribution in [3.05, 3.63) is 45.7 Å². The van der Waals surface area contributed by atoms with Crippen LogP contribution in [0.4, 0.5) is 5.13 Å². The van der Waals surface area contributed by atoms with E-state index in [4.69, 9.17) is 9.47 Å². The van der Waals surface area contributed by atoms with Crippen molar-refractivity contribution in [1.29, 1.82) is 0 Å². The molecular formula is C15H14N4O3S2. The molecule has 0 saturated heterocycles. The monoisotopic (exact) mass is 362 g/mol. The number of nitrogens with zero attached hydrogens (tertiary/aromatic N) is 3. The first-order valence-electron chi connectivity index (χ1n) is 7.02. The standard InChI is InChI=1S/C15H14N4O3S2/c1-21-12-8-11(13(20)19-15-16-4-7-24-15)17-14(18-12)22-5-2-10-3-6-23-9-10/h3-4,6-9H,2,5H2,1H3,(H,16,19,20). The van der Waals surface area contributed by atoms with E-state index in [1.165, 1.54) is 30.1 Å². The fraction of sp³-hybridized carbons (Fsp3) is 0.200. The molecule has 0 unspecified atom stereocenters. The van der Waals surface area contributed by atoms with Crippen molar-refractivity contribution in [2.75, 3.05) is 19.0 Å². The van der Waals surface area contributed by atoms with Crippen LogP contribution in [0.3, 0.4) is 0 Å². The Morgan fingerprint density at radius 2 is 2.25 bits per heavy atom. The van der Waals surface area contributed by atoms with Crippen molar-refractivity contribution in [2.24, 2.45) is 0 Å². The second-order valence-electron chi connectivity index (χ2n) is 4.60. The number of hydrogen-bond acceptors (Lipinski definition) is 8. The Morgan fingerprint density at radius 1 is 1.33 bits per heavy atom. The fourth-order valence-electron chi connectivity index (χ4n) is 1.83. The number of amides is 1. The number of anilines is 1. The lowest BCUT2D eigenvalue weighted by Crippen LogP contribution is -2.15. The summed E-state index contributed by atoms with van der Waals surface area (Å²) in [6, 6.07) is 3.59. The Morgan fingerprint density at radius 3 is 2.96 bits per heavy atom. The number of hydrogen-bond donors (Lipinski definition) is 1. The van der Waals surface area contributed by atoms with E-state index < -0.39 is 5.91 Å². The lowest BCUT2D eigenvalue weighted by atomic mass is 10.3. The molecule has 0 radical (unpaired) electrons. The van der Waals surface area contributed by atoms with Crippen LogP contribution in [0, 0.1) is 0 Å². The van der Waals surface area contributed by atoms with Crippen LogP contribution in [-0.2, 0) is 6.42 Å². The Labute approximate surface area is 146 Å². The van der Waals surface area contributed by atoms with Crippen molar-refractivity contribution < 1.29 is 14.3 Å². The molecule has 0 aliphatic carbocycles. The highest BCUT2D eigenvalue weighted by atomic mass is 32.1. The van der Waals surface area contributed by atoms with Crippen molar-refractivity contribution in [1.82, 2.24) is 15.0 Å². The van der Waals surface area contributed by atoms with Gasteiger partial charge in [0.05, 0.1) is 13.7 Å². The lowest BCUT2D eigenvalue weighted by molar-refractivity contribution is 0.102. The molecule has 3 aromatic heterocycles. The molecule has 1 N–H and O–H groups in total. The quantitative estimate of drug-likeness (QED) is 0.695. The Kier molecular flexibility index (Phi) is 5.34. The smallest absolute Gasteiger partial charge is 0.320 e. The molecule has 0 fully saturated rings. The highest BCUT2D eigenvalue weighted by Gasteiger charge is 2.14. The van der Waals surface area contributed by atoms with Gasteiger partial charge in [0.15, 0.2) is 5.13 Å². The molecule has 0 aliphatic rings. The van der Waals surface area contributed by atoms with Gasteiger partial charge in [-0.3, -0.25) is 10.1 Å². The van der Waals surface area contributed by atoms with Crippen LogP contribution in [-0.4, -0.2) is 34.6 Å². The summed E-state index contributed by atoms with van der Waals surface area (Å²) in [4.78, 5) is 24.5. The van der Waals surface area contributed by atoms with Crippen LogP contribution >= 0.6 is 22.7 Å². The first-order chi connectivity index (χ1) is 11.7. The van der Waals surface area contributed by atoms with Crippen molar-refractivity contribution >= 4 is 33.7 Å². The van der Waals surface area contributed by atoms with E-state index in [0.29, 0.717) is 11.7 Å². The SMILES string of the molecule is COc1cc(C(=O)Nc2nccs2)nc(OCCc2ccsc2)n1. The third-order valence-corrected chi connectivity index (χ3v) is 4.40. The molecule has 0 bridgehead atoms. The van der Waals surface area contributed by atoms with Gasteiger partial charge in [0.1, 0.15) is 5.69 Å². The Hall–Kier alpha value is -2.52. The number of carbonyl (C=O) groups is 1. The summed E-state index contributed by atoms with van der Waals surface area (Å²) in [6.45, 7) is 0.414. The maximum absolute atomic E-state index is 12.2. The number of thiazole rings is 1. The molecule has 3 rings (SSSR count). The molecule has 0 spiro atoms. The molecule has 7 nitrogen and oxygen atoms in total. The normalized spacial score (nSPS) is 10.4. The van der Waals surface area contributed by atoms with Gasteiger partial charge in [-0.25, -0.2) is 4.98 Å². The van der Waals surface area contributed by atoms with Crippen LogP contribution < -0.4 is 14.8 Å². The zero-order valence-corrected chi connectivity index (χ0v) is 14.4. The Bertz CT molecular complexity index is 791. The van der Waals surface area contributed by atoms with E-state index >= 15 is 0 Å². The average molecular weight is 362 g/mol. The zero-order chi connectivity index (χ0) is 16.8. The molecule has 9 heteroatoms. The topological polar surface area (TPSA) is 86.2 Å². The second-order valence-corrected chi connectivity index (χ2v) is 6.27. The van der Waals surface area contributed by atoms with Crippen molar-refractivity contribution in [3.8, 4) is 11.9 Å². The molecule has 0 aromatic carbocycles. The molecular weight excluding hydrogens is 348 g/mol. The van der Waals surface area contributed by atoms with Crippen LogP contribution in [0.15, 0.2) is 34.5 Å². The summed E-state index contributed by atoms with van der Waals surface area (Å²) in [5.74, 6) is -0.131. The van der Waals surface area contributed by atoms with E-state index in [2.05, 4.69) is 25.6 Å². The van der Waals surface area contributed by atoms with Gasteiger partial charge < -0.3 is 9.47 Å². The average Bonchev–Trinajstić information content (AvgIpc) is 3.28. The van der Waals surface area contributed by atoms with Gasteiger partial charge in [0, 0.05) is 24.1 Å². The zero-order valence-electron chi connectivity index (χ0n) is 12.8. The first-order valence-corrected chi connectivity index (χ1v) is 8.84. The van der Waals surface area contributed by atoms with Gasteiger partial charge in [-0.05, 0) is 22.4 Å². The number of aromatic nitrogens is 3. The van der Waals surface area contributed by atoms with Crippen LogP contribution in [0.1, 0.15) is 16.1 Å². The summed E-state index contributed by atoms with van der Waals surface area (Å²) < 4.78 is 10.7. The summed E-state index contributed by atoms with van der Waals surface area (Å²) >= 11 is 2.96. The summed E-state index contributed by atoms with van der Waals surface area (Å²) in [6.07, 6.45) is 2.35. The van der Waals surface area contributed by atoms with Gasteiger partial charge >= 0.3 is 6.01 Å². The predicted octanol–water partition coefficient (Wildman–Crippen LogP) is 2.88. The van der Waals surface area contributed by atoms with E-state index in [-0.39, 0.29) is 17.6 Å². The van der Waals surface area contributed by atoms with Gasteiger partial charge in [-0.2, -0.15) is 21.3 Å². The fourth-order valence-corrected chi connectivity index (χ4v) is 3.06. The maximum Gasteiger partial charge on any atom is 0.320 e. The van der Waals surface area contributed by atoms with Crippen LogP contribution in [0.25, 0.3) is 0 Å². The Balaban J connectivity index is 1.68. The summed E-state index contributed by atoms with van der Waals surface area (Å²) in [5.41, 5.74) is 1.34.